The number of carboxylic acid groups (broad SMARTS) is 1. The second-order valence-corrected chi connectivity index (χ2v) is 7.92. The molecule has 3 aliphatic rings. The van der Waals surface area contributed by atoms with Crippen LogP contribution >= 0.6 is 15.9 Å². The highest BCUT2D eigenvalue weighted by Gasteiger charge is 2.55. The summed E-state index contributed by atoms with van der Waals surface area (Å²) in [5, 5.41) is 9.54. The third-order valence-corrected chi connectivity index (χ3v) is 6.83. The van der Waals surface area contributed by atoms with Crippen molar-refractivity contribution < 1.29 is 24.1 Å². The summed E-state index contributed by atoms with van der Waals surface area (Å²) in [5.41, 5.74) is 2.31. The summed E-state index contributed by atoms with van der Waals surface area (Å²) in [4.78, 5) is 13.1. The van der Waals surface area contributed by atoms with Gasteiger partial charge in [-0.05, 0) is 36.8 Å². The quantitative estimate of drug-likeness (QED) is 0.826. The number of ether oxygens (including phenoxy) is 3. The van der Waals surface area contributed by atoms with Crippen molar-refractivity contribution in [3.8, 4) is 11.5 Å². The molecule has 2 aliphatic carbocycles. The fraction of sp³-hybridized carbons (Fsp3) is 0.611. The Morgan fingerprint density at radius 1 is 1.40 bits per heavy atom. The van der Waals surface area contributed by atoms with E-state index in [0.717, 1.165) is 34.4 Å². The molecule has 5 atom stereocenters. The maximum atomic E-state index is 11.6. The van der Waals surface area contributed by atoms with Crippen LogP contribution in [0.4, 0.5) is 4.79 Å². The zero-order valence-electron chi connectivity index (χ0n) is 14.5. The Kier molecular flexibility index (Phi) is 4.11. The first-order valence-electron chi connectivity index (χ1n) is 8.52. The predicted octanol–water partition coefficient (Wildman–Crippen LogP) is 3.26. The number of amides is 1. The molecule has 25 heavy (non-hydrogen) atoms. The van der Waals surface area contributed by atoms with Crippen LogP contribution < -0.4 is 9.47 Å². The van der Waals surface area contributed by atoms with Crippen LogP contribution in [0.3, 0.4) is 0 Å². The molecule has 1 aromatic carbocycles. The molecular formula is C18H22BrNO5. The molecular weight excluding hydrogens is 390 g/mol. The number of nitrogens with zero attached hydrogens (tertiary/aromatic N) is 1. The number of hydrogen-bond donors (Lipinski definition) is 1. The average molecular weight is 412 g/mol. The number of benzene rings is 1. The normalized spacial score (nSPS) is 31.9. The second-order valence-electron chi connectivity index (χ2n) is 7.07. The maximum absolute atomic E-state index is 11.6. The van der Waals surface area contributed by atoms with E-state index >= 15 is 0 Å². The van der Waals surface area contributed by atoms with Gasteiger partial charge in [-0.1, -0.05) is 15.9 Å². The van der Waals surface area contributed by atoms with Gasteiger partial charge in [0.2, 0.25) is 0 Å². The molecule has 1 fully saturated rings. The summed E-state index contributed by atoms with van der Waals surface area (Å²) in [6, 6.07) is 1.86. The number of likely N-dealkylation sites (N-methyl/N-ethyl adjacent to an activating group) is 1. The van der Waals surface area contributed by atoms with Crippen molar-refractivity contribution in [2.75, 3.05) is 21.3 Å². The molecule has 0 radical (unpaired) electrons. The van der Waals surface area contributed by atoms with Crippen LogP contribution in [-0.4, -0.2) is 55.6 Å². The van der Waals surface area contributed by atoms with Crippen molar-refractivity contribution >= 4 is 22.0 Å². The molecule has 0 spiro atoms. The van der Waals surface area contributed by atoms with Gasteiger partial charge in [-0.15, -0.1) is 0 Å². The molecule has 4 rings (SSSR count). The van der Waals surface area contributed by atoms with E-state index in [1.165, 1.54) is 10.5 Å². The lowest BCUT2D eigenvalue weighted by atomic mass is 9.64. The first kappa shape index (κ1) is 17.0. The molecule has 0 aromatic heterocycles. The molecule has 1 aliphatic heterocycles. The van der Waals surface area contributed by atoms with Gasteiger partial charge in [-0.25, -0.2) is 4.79 Å². The highest BCUT2D eigenvalue weighted by molar-refractivity contribution is 9.10. The molecule has 6 nitrogen and oxygen atoms in total. The topological polar surface area (TPSA) is 68.2 Å². The van der Waals surface area contributed by atoms with Gasteiger partial charge < -0.3 is 24.2 Å². The van der Waals surface area contributed by atoms with E-state index in [1.54, 1.807) is 21.3 Å². The Morgan fingerprint density at radius 3 is 2.80 bits per heavy atom. The van der Waals surface area contributed by atoms with Crippen molar-refractivity contribution in [2.45, 2.75) is 43.4 Å². The first-order chi connectivity index (χ1) is 12.0. The largest absolute Gasteiger partial charge is 0.493 e. The molecule has 0 saturated heterocycles. The molecule has 1 N–H and O–H groups in total. The minimum Gasteiger partial charge on any atom is -0.493 e. The van der Waals surface area contributed by atoms with Crippen LogP contribution in [0.25, 0.3) is 0 Å². The fourth-order valence-corrected chi connectivity index (χ4v) is 5.53. The van der Waals surface area contributed by atoms with Gasteiger partial charge in [0.15, 0.2) is 11.5 Å². The van der Waals surface area contributed by atoms with E-state index in [2.05, 4.69) is 15.9 Å². The Hall–Kier alpha value is -1.47. The number of rotatable bonds is 3. The first-order valence-corrected chi connectivity index (χ1v) is 9.31. The maximum Gasteiger partial charge on any atom is 0.407 e. The molecule has 1 saturated carbocycles. The summed E-state index contributed by atoms with van der Waals surface area (Å²) in [6.07, 6.45) is 1.52. The number of methoxy groups -OCH3 is 2. The van der Waals surface area contributed by atoms with E-state index in [0.29, 0.717) is 6.42 Å². The van der Waals surface area contributed by atoms with Crippen molar-refractivity contribution in [3.63, 3.8) is 0 Å². The van der Waals surface area contributed by atoms with E-state index in [4.69, 9.17) is 14.2 Å². The third-order valence-electron chi connectivity index (χ3n) is 6.12. The summed E-state index contributed by atoms with van der Waals surface area (Å²) in [6.45, 7) is 0. The highest BCUT2D eigenvalue weighted by atomic mass is 79.9. The van der Waals surface area contributed by atoms with Gasteiger partial charge in [0, 0.05) is 36.2 Å². The summed E-state index contributed by atoms with van der Waals surface area (Å²) < 4.78 is 18.5. The van der Waals surface area contributed by atoms with Gasteiger partial charge in [-0.2, -0.15) is 0 Å². The Morgan fingerprint density at radius 2 is 2.16 bits per heavy atom. The minimum absolute atomic E-state index is 0.0128. The summed E-state index contributed by atoms with van der Waals surface area (Å²) in [5.74, 6) is 1.89. The third kappa shape index (κ3) is 2.35. The summed E-state index contributed by atoms with van der Waals surface area (Å²) in [7, 11) is 5.03. The minimum atomic E-state index is -0.886. The number of hydrogen-bond acceptors (Lipinski definition) is 4. The molecule has 0 bridgehead atoms. The average Bonchev–Trinajstić information content (AvgIpc) is 3.01. The zero-order valence-corrected chi connectivity index (χ0v) is 16.1. The van der Waals surface area contributed by atoms with Gasteiger partial charge in [0.25, 0.3) is 0 Å². The highest BCUT2D eigenvalue weighted by Crippen LogP contribution is 2.59. The van der Waals surface area contributed by atoms with Crippen LogP contribution in [0.1, 0.15) is 29.9 Å². The van der Waals surface area contributed by atoms with Crippen molar-refractivity contribution in [1.82, 2.24) is 4.90 Å². The second kappa shape index (κ2) is 6.06. The molecule has 2 unspecified atom stereocenters. The Balaban J connectivity index is 1.87. The van der Waals surface area contributed by atoms with E-state index in [-0.39, 0.29) is 30.1 Å². The van der Waals surface area contributed by atoms with Crippen LogP contribution in [0.2, 0.25) is 0 Å². The molecule has 1 heterocycles. The van der Waals surface area contributed by atoms with Crippen LogP contribution in [0.5, 0.6) is 11.5 Å². The van der Waals surface area contributed by atoms with Crippen molar-refractivity contribution in [3.05, 3.63) is 21.7 Å². The predicted molar refractivity (Wildman–Crippen MR) is 94.7 cm³/mol. The monoisotopic (exact) mass is 411 g/mol. The van der Waals surface area contributed by atoms with Gasteiger partial charge in [0.1, 0.15) is 6.10 Å². The van der Waals surface area contributed by atoms with E-state index in [1.807, 2.05) is 6.07 Å². The lowest BCUT2D eigenvalue weighted by Gasteiger charge is -2.46. The summed E-state index contributed by atoms with van der Waals surface area (Å²) >= 11 is 3.66. The smallest absolute Gasteiger partial charge is 0.407 e. The van der Waals surface area contributed by atoms with Gasteiger partial charge in [0.05, 0.1) is 13.2 Å². The lowest BCUT2D eigenvalue weighted by Crippen LogP contribution is -2.53. The van der Waals surface area contributed by atoms with Crippen LogP contribution in [0.15, 0.2) is 10.5 Å². The molecule has 7 heteroatoms. The van der Waals surface area contributed by atoms with Crippen LogP contribution in [-0.2, 0) is 11.2 Å². The number of halogens is 1. The number of carbonyl (C=O) groups is 1. The standard InChI is InChI=1S/C18H22BrNO5/c1-20(18(21)22)11-6-9-10(19)7-13(24-3)17-15(9)14-8(11)4-5-12(23-2)16(14)25-17/h7-8,11-12,14,16H,4-6H2,1-3H3,(H,21,22)/t8-,11+,12?,14?,16-/m0/s1. The van der Waals surface area contributed by atoms with E-state index in [9.17, 15) is 9.90 Å². The molecule has 1 amide bonds. The van der Waals surface area contributed by atoms with Crippen molar-refractivity contribution in [1.29, 1.82) is 0 Å². The lowest BCUT2D eigenvalue weighted by molar-refractivity contribution is -0.0502. The van der Waals surface area contributed by atoms with Gasteiger partial charge in [-0.3, -0.25) is 0 Å². The zero-order chi connectivity index (χ0) is 17.9. The van der Waals surface area contributed by atoms with E-state index < -0.39 is 6.09 Å². The fourth-order valence-electron chi connectivity index (χ4n) is 4.95. The van der Waals surface area contributed by atoms with Crippen molar-refractivity contribution in [2.24, 2.45) is 5.92 Å². The Bertz CT molecular complexity index is 724. The molecule has 1 aromatic rings. The Labute approximate surface area is 155 Å². The van der Waals surface area contributed by atoms with Gasteiger partial charge >= 0.3 is 6.09 Å². The van der Waals surface area contributed by atoms with Crippen LogP contribution in [0, 0.1) is 5.92 Å². The SMILES string of the molecule is COc1cc(Br)c2c3c1O[C@H]1C(OC)CC[C@H](C31)[C@H](N(C)C(=O)O)C2. The molecule has 136 valence electrons.